The average Bonchev–Trinajstić information content (AvgIpc) is 2.93. The topological polar surface area (TPSA) is 74.1 Å². The predicted octanol–water partition coefficient (Wildman–Crippen LogP) is 3.99. The second-order valence-electron chi connectivity index (χ2n) is 5.30. The van der Waals surface area contributed by atoms with Gasteiger partial charge in [-0.2, -0.15) is 5.10 Å². The number of aromatic nitrogens is 2. The maximum atomic E-state index is 12.4. The first-order valence-corrected chi connectivity index (χ1v) is 8.06. The van der Waals surface area contributed by atoms with Gasteiger partial charge in [0, 0.05) is 16.1 Å². The number of hydrogen-bond donors (Lipinski definition) is 1. The van der Waals surface area contributed by atoms with Crippen molar-refractivity contribution in [2.75, 3.05) is 5.73 Å². The number of benzene rings is 2. The molecular weight excluding hydrogens is 370 g/mol. The van der Waals surface area contributed by atoms with E-state index < -0.39 is 5.63 Å². The Hall–Kier alpha value is -2.86. The Kier molecular flexibility index (Phi) is 3.46. The van der Waals surface area contributed by atoms with Gasteiger partial charge in [-0.15, -0.1) is 0 Å². The zero-order valence-corrected chi connectivity index (χ0v) is 14.0. The third kappa shape index (κ3) is 2.41. The van der Waals surface area contributed by atoms with E-state index in [1.54, 1.807) is 10.7 Å². The minimum atomic E-state index is -0.495. The Labute approximate surface area is 145 Å². The molecule has 0 aliphatic rings. The van der Waals surface area contributed by atoms with Crippen molar-refractivity contribution in [3.8, 4) is 17.0 Å². The molecule has 0 fully saturated rings. The van der Waals surface area contributed by atoms with Crippen LogP contribution in [0.15, 0.2) is 74.3 Å². The van der Waals surface area contributed by atoms with E-state index in [0.29, 0.717) is 16.7 Å². The summed E-state index contributed by atoms with van der Waals surface area (Å²) >= 11 is 3.39. The van der Waals surface area contributed by atoms with Gasteiger partial charge in [0.1, 0.15) is 22.5 Å². The third-order valence-electron chi connectivity index (χ3n) is 3.75. The van der Waals surface area contributed by atoms with Gasteiger partial charge in [-0.3, -0.25) is 0 Å². The summed E-state index contributed by atoms with van der Waals surface area (Å²) in [5.74, 6) is 0.727. The Bertz CT molecular complexity index is 1080. The van der Waals surface area contributed by atoms with Gasteiger partial charge in [0.05, 0.1) is 5.69 Å². The van der Waals surface area contributed by atoms with Crippen molar-refractivity contribution in [3.63, 3.8) is 0 Å². The lowest BCUT2D eigenvalue weighted by Crippen LogP contribution is -2.04. The van der Waals surface area contributed by atoms with E-state index in [9.17, 15) is 4.79 Å². The highest BCUT2D eigenvalue weighted by atomic mass is 79.9. The van der Waals surface area contributed by atoms with Crippen LogP contribution in [-0.2, 0) is 0 Å². The summed E-state index contributed by atoms with van der Waals surface area (Å²) in [5, 5.41) is 4.76. The fraction of sp³-hybridized carbons (Fsp3) is 0. The Morgan fingerprint density at radius 2 is 1.75 bits per heavy atom. The SMILES string of the molecule is Nc1c2c(=O)oc(-c3ccc(Br)cc3)cc2nn1-c1ccccc1. The molecule has 0 saturated carbocycles. The number of anilines is 1. The largest absolute Gasteiger partial charge is 0.422 e. The van der Waals surface area contributed by atoms with Crippen molar-refractivity contribution < 1.29 is 4.42 Å². The van der Waals surface area contributed by atoms with Crippen LogP contribution in [0, 0.1) is 0 Å². The van der Waals surface area contributed by atoms with Crippen LogP contribution in [0.2, 0.25) is 0 Å². The molecule has 0 aliphatic heterocycles. The van der Waals surface area contributed by atoms with Crippen molar-refractivity contribution in [3.05, 3.63) is 75.6 Å². The molecule has 0 radical (unpaired) electrons. The fourth-order valence-electron chi connectivity index (χ4n) is 2.59. The molecule has 2 aromatic heterocycles. The van der Waals surface area contributed by atoms with Crippen LogP contribution in [0.3, 0.4) is 0 Å². The zero-order valence-electron chi connectivity index (χ0n) is 12.4. The first-order valence-electron chi connectivity index (χ1n) is 7.27. The highest BCUT2D eigenvalue weighted by Crippen LogP contribution is 2.26. The predicted molar refractivity (Wildman–Crippen MR) is 97.2 cm³/mol. The van der Waals surface area contributed by atoms with Gasteiger partial charge in [0.15, 0.2) is 0 Å². The number of nitrogen functional groups attached to an aromatic ring is 1. The van der Waals surface area contributed by atoms with Crippen LogP contribution >= 0.6 is 15.9 Å². The van der Waals surface area contributed by atoms with Gasteiger partial charge >= 0.3 is 5.63 Å². The fourth-order valence-corrected chi connectivity index (χ4v) is 2.85. The molecule has 0 saturated heterocycles. The lowest BCUT2D eigenvalue weighted by atomic mass is 10.1. The van der Waals surface area contributed by atoms with Gasteiger partial charge in [-0.1, -0.05) is 46.3 Å². The van der Waals surface area contributed by atoms with Crippen molar-refractivity contribution in [2.45, 2.75) is 0 Å². The lowest BCUT2D eigenvalue weighted by Gasteiger charge is -2.02. The summed E-state index contributed by atoms with van der Waals surface area (Å²) < 4.78 is 7.94. The molecule has 0 amide bonds. The molecule has 0 bridgehead atoms. The van der Waals surface area contributed by atoms with Crippen molar-refractivity contribution in [2.24, 2.45) is 0 Å². The standard InChI is InChI=1S/C18H12BrN3O2/c19-12-8-6-11(7-9-12)15-10-14-16(18(23)24-15)17(20)22(21-14)13-4-2-1-3-5-13/h1-10H,20H2. The monoisotopic (exact) mass is 381 g/mol. The van der Waals surface area contributed by atoms with Crippen LogP contribution in [0.25, 0.3) is 27.9 Å². The Morgan fingerprint density at radius 3 is 2.46 bits per heavy atom. The minimum absolute atomic E-state index is 0.271. The van der Waals surface area contributed by atoms with Crippen molar-refractivity contribution in [1.29, 1.82) is 0 Å². The van der Waals surface area contributed by atoms with E-state index in [1.807, 2.05) is 54.6 Å². The van der Waals surface area contributed by atoms with E-state index >= 15 is 0 Å². The van der Waals surface area contributed by atoms with Gasteiger partial charge in [-0.05, 0) is 24.3 Å². The van der Waals surface area contributed by atoms with Crippen LogP contribution in [0.4, 0.5) is 5.82 Å². The molecule has 4 rings (SSSR count). The first-order chi connectivity index (χ1) is 11.6. The van der Waals surface area contributed by atoms with Crippen LogP contribution in [-0.4, -0.2) is 9.78 Å². The molecule has 0 unspecified atom stereocenters. The lowest BCUT2D eigenvalue weighted by molar-refractivity contribution is 0.535. The number of nitrogens with two attached hydrogens (primary N) is 1. The minimum Gasteiger partial charge on any atom is -0.422 e. The normalized spacial score (nSPS) is 11.0. The van der Waals surface area contributed by atoms with Crippen molar-refractivity contribution in [1.82, 2.24) is 9.78 Å². The first kappa shape index (κ1) is 14.7. The third-order valence-corrected chi connectivity index (χ3v) is 4.28. The quantitative estimate of drug-likeness (QED) is 0.569. The van der Waals surface area contributed by atoms with Crippen molar-refractivity contribution >= 4 is 32.7 Å². The maximum absolute atomic E-state index is 12.4. The summed E-state index contributed by atoms with van der Waals surface area (Å²) in [6, 6.07) is 18.7. The summed E-state index contributed by atoms with van der Waals surface area (Å²) in [7, 11) is 0. The molecule has 4 aromatic rings. The molecule has 0 aliphatic carbocycles. The molecule has 0 atom stereocenters. The molecule has 24 heavy (non-hydrogen) atoms. The van der Waals surface area contributed by atoms with E-state index in [2.05, 4.69) is 21.0 Å². The zero-order chi connectivity index (χ0) is 16.7. The molecule has 0 spiro atoms. The smallest absolute Gasteiger partial charge is 0.349 e. The molecule has 2 heterocycles. The van der Waals surface area contributed by atoms with E-state index in [1.165, 1.54) is 0 Å². The van der Waals surface area contributed by atoms with Gasteiger partial charge in [-0.25, -0.2) is 9.48 Å². The summed E-state index contributed by atoms with van der Waals surface area (Å²) in [4.78, 5) is 12.4. The number of rotatable bonds is 2. The second kappa shape index (κ2) is 5.65. The van der Waals surface area contributed by atoms with Crippen LogP contribution in [0.5, 0.6) is 0 Å². The van der Waals surface area contributed by atoms with Gasteiger partial charge < -0.3 is 10.2 Å². The molecule has 118 valence electrons. The second-order valence-corrected chi connectivity index (χ2v) is 6.21. The van der Waals surface area contributed by atoms with Crippen LogP contribution < -0.4 is 11.4 Å². The highest BCUT2D eigenvalue weighted by molar-refractivity contribution is 9.10. The summed E-state index contributed by atoms with van der Waals surface area (Å²) in [6.07, 6.45) is 0. The number of halogens is 1. The summed E-state index contributed by atoms with van der Waals surface area (Å²) in [5.41, 5.74) is 7.71. The van der Waals surface area contributed by atoms with E-state index in [0.717, 1.165) is 15.7 Å². The Morgan fingerprint density at radius 1 is 1.04 bits per heavy atom. The Balaban J connectivity index is 1.93. The summed E-state index contributed by atoms with van der Waals surface area (Å²) in [6.45, 7) is 0. The highest BCUT2D eigenvalue weighted by Gasteiger charge is 2.16. The maximum Gasteiger partial charge on any atom is 0.349 e. The van der Waals surface area contributed by atoms with E-state index in [-0.39, 0.29) is 5.82 Å². The number of hydrogen-bond acceptors (Lipinski definition) is 4. The number of fused-ring (bicyclic) bond motifs is 1. The molecule has 2 aromatic carbocycles. The molecule has 5 nitrogen and oxygen atoms in total. The molecular formula is C18H12BrN3O2. The number of nitrogens with zero attached hydrogens (tertiary/aromatic N) is 2. The van der Waals surface area contributed by atoms with E-state index in [4.69, 9.17) is 10.2 Å². The molecule has 6 heteroatoms. The van der Waals surface area contributed by atoms with Crippen LogP contribution in [0.1, 0.15) is 0 Å². The van der Waals surface area contributed by atoms with Gasteiger partial charge in [0.2, 0.25) is 0 Å². The average molecular weight is 382 g/mol. The number of para-hydroxylation sites is 1. The molecule has 2 N–H and O–H groups in total. The van der Waals surface area contributed by atoms with Gasteiger partial charge in [0.25, 0.3) is 0 Å².